The molecular formula is C13H19N3O. The zero-order valence-electron chi connectivity index (χ0n) is 10.3. The van der Waals surface area contributed by atoms with Gasteiger partial charge in [-0.2, -0.15) is 0 Å². The first-order chi connectivity index (χ1) is 8.02. The average molecular weight is 233 g/mol. The Morgan fingerprint density at radius 1 is 1.29 bits per heavy atom. The zero-order chi connectivity index (χ0) is 12.4. The predicted molar refractivity (Wildman–Crippen MR) is 70.2 cm³/mol. The van der Waals surface area contributed by atoms with E-state index in [0.717, 1.165) is 18.5 Å². The molecule has 4 nitrogen and oxygen atoms in total. The number of nitrogens with two attached hydrogens (primary N) is 1. The maximum atomic E-state index is 9.16. The van der Waals surface area contributed by atoms with E-state index in [4.69, 9.17) is 10.8 Å². The number of aliphatic hydroxyl groups excluding tert-OH is 1. The number of nitrogens with one attached hydrogen (secondary N) is 1. The molecule has 0 unspecified atom stereocenters. The lowest BCUT2D eigenvalue weighted by molar-refractivity contribution is 0.0778. The molecule has 0 amide bonds. The second kappa shape index (κ2) is 4.75. The Morgan fingerprint density at radius 3 is 2.41 bits per heavy atom. The number of hydrogen-bond donors (Lipinski definition) is 3. The topological polar surface area (TPSA) is 70.6 Å². The molecule has 4 N–H and O–H groups in total. The van der Waals surface area contributed by atoms with Crippen molar-refractivity contribution in [2.75, 3.05) is 5.32 Å². The third kappa shape index (κ3) is 3.20. The largest absolute Gasteiger partial charge is 0.393 e. The van der Waals surface area contributed by atoms with E-state index in [9.17, 15) is 0 Å². The number of hydrogen-bond acceptors (Lipinski definition) is 2. The van der Waals surface area contributed by atoms with Crippen molar-refractivity contribution in [1.82, 2.24) is 0 Å². The van der Waals surface area contributed by atoms with Crippen molar-refractivity contribution < 1.29 is 5.11 Å². The summed E-state index contributed by atoms with van der Waals surface area (Å²) in [6.07, 6.45) is 1.24. The molecule has 1 aromatic rings. The summed E-state index contributed by atoms with van der Waals surface area (Å²) in [6.45, 7) is 4.10. The number of aliphatic imine (C=N–C) groups is 1. The van der Waals surface area contributed by atoms with Crippen LogP contribution in [0.4, 0.5) is 5.69 Å². The third-order valence-corrected chi connectivity index (χ3v) is 2.90. The molecule has 1 aliphatic rings. The van der Waals surface area contributed by atoms with Crippen molar-refractivity contribution in [3.8, 4) is 0 Å². The van der Waals surface area contributed by atoms with Crippen molar-refractivity contribution >= 4 is 11.6 Å². The van der Waals surface area contributed by atoms with Crippen LogP contribution in [-0.2, 0) is 0 Å². The molecule has 1 aromatic carbocycles. The first-order valence-electron chi connectivity index (χ1n) is 5.89. The number of anilines is 1. The quantitative estimate of drug-likeness (QED) is 0.536. The van der Waals surface area contributed by atoms with Gasteiger partial charge in [0.15, 0.2) is 5.96 Å². The van der Waals surface area contributed by atoms with Crippen LogP contribution in [0.3, 0.4) is 0 Å². The lowest BCUT2D eigenvalue weighted by Crippen LogP contribution is -2.35. The van der Waals surface area contributed by atoms with Crippen molar-refractivity contribution in [3.63, 3.8) is 0 Å². The van der Waals surface area contributed by atoms with Crippen molar-refractivity contribution in [2.24, 2.45) is 10.7 Å². The van der Waals surface area contributed by atoms with E-state index in [1.165, 1.54) is 11.1 Å². The number of benzene rings is 1. The number of nitrogens with zero attached hydrogens (tertiary/aromatic N) is 1. The third-order valence-electron chi connectivity index (χ3n) is 2.90. The second-order valence-corrected chi connectivity index (χ2v) is 4.79. The summed E-state index contributed by atoms with van der Waals surface area (Å²) in [6, 6.07) is 6.35. The molecule has 4 heteroatoms. The van der Waals surface area contributed by atoms with Crippen LogP contribution in [0.5, 0.6) is 0 Å². The maximum absolute atomic E-state index is 9.16. The van der Waals surface area contributed by atoms with Crippen molar-refractivity contribution in [3.05, 3.63) is 29.3 Å². The Kier molecular flexibility index (Phi) is 3.33. The molecule has 0 heterocycles. The van der Waals surface area contributed by atoms with Gasteiger partial charge in [0.25, 0.3) is 0 Å². The van der Waals surface area contributed by atoms with Gasteiger partial charge in [0, 0.05) is 5.69 Å². The highest BCUT2D eigenvalue weighted by atomic mass is 16.3. The highest BCUT2D eigenvalue weighted by Gasteiger charge is 2.26. The average Bonchev–Trinajstić information content (AvgIpc) is 2.13. The Bertz CT molecular complexity index is 416. The van der Waals surface area contributed by atoms with Gasteiger partial charge in [-0.05, 0) is 49.9 Å². The van der Waals surface area contributed by atoms with Gasteiger partial charge in [-0.15, -0.1) is 0 Å². The van der Waals surface area contributed by atoms with Crippen LogP contribution in [0.2, 0.25) is 0 Å². The molecule has 1 aliphatic carbocycles. The minimum atomic E-state index is -0.197. The van der Waals surface area contributed by atoms with Gasteiger partial charge in [0.05, 0.1) is 12.1 Å². The van der Waals surface area contributed by atoms with Crippen LogP contribution >= 0.6 is 0 Å². The van der Waals surface area contributed by atoms with Gasteiger partial charge in [0.1, 0.15) is 0 Å². The van der Waals surface area contributed by atoms with Crippen LogP contribution in [0.15, 0.2) is 23.2 Å². The first kappa shape index (κ1) is 11.9. The molecule has 0 saturated heterocycles. The lowest BCUT2D eigenvalue weighted by Gasteiger charge is -2.28. The van der Waals surface area contributed by atoms with Crippen molar-refractivity contribution in [2.45, 2.75) is 38.8 Å². The van der Waals surface area contributed by atoms with Crippen LogP contribution in [0.1, 0.15) is 24.0 Å². The zero-order valence-corrected chi connectivity index (χ0v) is 10.3. The van der Waals surface area contributed by atoms with Gasteiger partial charge in [-0.1, -0.05) is 6.07 Å². The minimum Gasteiger partial charge on any atom is -0.393 e. The van der Waals surface area contributed by atoms with E-state index in [1.54, 1.807) is 0 Å². The second-order valence-electron chi connectivity index (χ2n) is 4.79. The Morgan fingerprint density at radius 2 is 1.88 bits per heavy atom. The highest BCUT2D eigenvalue weighted by molar-refractivity contribution is 5.92. The lowest BCUT2D eigenvalue weighted by atomic mass is 9.90. The fourth-order valence-corrected chi connectivity index (χ4v) is 2.09. The maximum Gasteiger partial charge on any atom is 0.193 e. The monoisotopic (exact) mass is 233 g/mol. The molecule has 1 fully saturated rings. The summed E-state index contributed by atoms with van der Waals surface area (Å²) in [5, 5.41) is 12.2. The summed E-state index contributed by atoms with van der Waals surface area (Å²) in [4.78, 5) is 4.31. The van der Waals surface area contributed by atoms with Gasteiger partial charge >= 0.3 is 0 Å². The summed E-state index contributed by atoms with van der Waals surface area (Å²) >= 11 is 0. The highest BCUT2D eigenvalue weighted by Crippen LogP contribution is 2.23. The van der Waals surface area contributed by atoms with E-state index in [1.807, 2.05) is 26.0 Å². The molecule has 0 radical (unpaired) electrons. The van der Waals surface area contributed by atoms with Gasteiger partial charge in [-0.25, -0.2) is 4.99 Å². The Balaban J connectivity index is 2.00. The van der Waals surface area contributed by atoms with Crippen LogP contribution in [-0.4, -0.2) is 23.2 Å². The summed E-state index contributed by atoms with van der Waals surface area (Å²) < 4.78 is 0. The first-order valence-corrected chi connectivity index (χ1v) is 5.89. The summed E-state index contributed by atoms with van der Waals surface area (Å²) in [5.74, 6) is 0.423. The standard InChI is InChI=1S/C13H19N3O/c1-8-3-9(2)5-10(4-8)15-13(14)16-11-6-12(17)7-11/h3-5,11-12,17H,6-7H2,1-2H3,(H3,14,15,16). The van der Waals surface area contributed by atoms with Gasteiger partial charge in [-0.3, -0.25) is 0 Å². The molecular weight excluding hydrogens is 214 g/mol. The van der Waals surface area contributed by atoms with Crippen LogP contribution in [0.25, 0.3) is 0 Å². The van der Waals surface area contributed by atoms with Crippen LogP contribution < -0.4 is 11.1 Å². The molecule has 17 heavy (non-hydrogen) atoms. The molecule has 0 bridgehead atoms. The van der Waals surface area contributed by atoms with Crippen LogP contribution in [0, 0.1) is 13.8 Å². The molecule has 0 aliphatic heterocycles. The SMILES string of the molecule is Cc1cc(C)cc(NC(N)=NC2CC(O)C2)c1. The summed E-state index contributed by atoms with van der Waals surface area (Å²) in [7, 11) is 0. The van der Waals surface area contributed by atoms with E-state index < -0.39 is 0 Å². The molecule has 92 valence electrons. The minimum absolute atomic E-state index is 0.170. The number of guanidine groups is 1. The Hall–Kier alpha value is -1.55. The molecule has 1 saturated carbocycles. The molecule has 0 spiro atoms. The smallest absolute Gasteiger partial charge is 0.193 e. The molecule has 0 atom stereocenters. The predicted octanol–water partition coefficient (Wildman–Crippen LogP) is 1.55. The number of aliphatic hydroxyl groups is 1. The van der Waals surface area contributed by atoms with E-state index in [2.05, 4.69) is 16.4 Å². The van der Waals surface area contributed by atoms with Crippen molar-refractivity contribution in [1.29, 1.82) is 0 Å². The fourth-order valence-electron chi connectivity index (χ4n) is 2.09. The van der Waals surface area contributed by atoms with E-state index in [0.29, 0.717) is 5.96 Å². The number of rotatable bonds is 2. The van der Waals surface area contributed by atoms with Gasteiger partial charge < -0.3 is 16.2 Å². The van der Waals surface area contributed by atoms with E-state index >= 15 is 0 Å². The fraction of sp³-hybridized carbons (Fsp3) is 0.462. The normalized spacial score (nSPS) is 24.3. The molecule has 2 rings (SSSR count). The summed E-state index contributed by atoms with van der Waals surface area (Å²) in [5.41, 5.74) is 9.17. The number of aryl methyl sites for hydroxylation is 2. The van der Waals surface area contributed by atoms with E-state index in [-0.39, 0.29) is 12.1 Å². The molecule has 0 aromatic heterocycles. The van der Waals surface area contributed by atoms with Gasteiger partial charge in [0.2, 0.25) is 0 Å². The Labute approximate surface area is 102 Å².